The molecule has 0 N–H and O–H groups in total. The highest BCUT2D eigenvalue weighted by atomic mass is 28.4. The summed E-state index contributed by atoms with van der Waals surface area (Å²) in [5.41, 5.74) is 1.22. The summed E-state index contributed by atoms with van der Waals surface area (Å²) in [5, 5.41) is 0.150. The van der Waals surface area contributed by atoms with E-state index in [-0.39, 0.29) is 23.2 Å². The standard InChI is InChI=1S/C22H42O3Si/c1-11-13-14-15-24-17-18(3)16-19(4)21(20(12-2)23-8)25-26(9,10)22(5,6)7/h11-12,16,19-21H,1-2,13-15,17H2,3-10H3/b18-16-/t19-,20+,21+/m1/s1. The van der Waals surface area contributed by atoms with Gasteiger partial charge in [0.15, 0.2) is 8.32 Å². The van der Waals surface area contributed by atoms with Crippen LogP contribution in [0.1, 0.15) is 47.5 Å². The van der Waals surface area contributed by atoms with E-state index in [1.807, 2.05) is 12.2 Å². The smallest absolute Gasteiger partial charge is 0.192 e. The van der Waals surface area contributed by atoms with Gasteiger partial charge in [0.2, 0.25) is 0 Å². The summed E-state index contributed by atoms with van der Waals surface area (Å²) in [7, 11) is -0.193. The minimum absolute atomic E-state index is 0.0471. The van der Waals surface area contributed by atoms with Crippen LogP contribution in [0.4, 0.5) is 0 Å². The Bertz CT molecular complexity index is 449. The second-order valence-corrected chi connectivity index (χ2v) is 13.4. The van der Waals surface area contributed by atoms with E-state index in [4.69, 9.17) is 13.9 Å². The number of ether oxygens (including phenoxy) is 2. The van der Waals surface area contributed by atoms with Crippen LogP contribution in [-0.2, 0) is 13.9 Å². The van der Waals surface area contributed by atoms with E-state index < -0.39 is 8.32 Å². The van der Waals surface area contributed by atoms with Gasteiger partial charge in [-0.1, -0.05) is 51.5 Å². The lowest BCUT2D eigenvalue weighted by Crippen LogP contribution is -2.49. The molecule has 0 aliphatic heterocycles. The minimum Gasteiger partial charge on any atom is -0.410 e. The highest BCUT2D eigenvalue weighted by Crippen LogP contribution is 2.39. The van der Waals surface area contributed by atoms with Gasteiger partial charge in [-0.2, -0.15) is 0 Å². The Labute approximate surface area is 163 Å². The number of methoxy groups -OCH3 is 1. The zero-order valence-corrected chi connectivity index (χ0v) is 19.4. The fourth-order valence-corrected chi connectivity index (χ4v) is 3.89. The number of unbranched alkanes of at least 4 members (excludes halogenated alkanes) is 1. The van der Waals surface area contributed by atoms with Gasteiger partial charge in [-0.25, -0.2) is 0 Å². The largest absolute Gasteiger partial charge is 0.410 e. The van der Waals surface area contributed by atoms with Gasteiger partial charge in [-0.3, -0.25) is 0 Å². The average molecular weight is 383 g/mol. The summed E-state index contributed by atoms with van der Waals surface area (Å²) in [4.78, 5) is 0. The van der Waals surface area contributed by atoms with Crippen LogP contribution in [0.3, 0.4) is 0 Å². The first kappa shape index (κ1) is 25.3. The van der Waals surface area contributed by atoms with Gasteiger partial charge in [0.1, 0.15) is 6.10 Å². The highest BCUT2D eigenvalue weighted by Gasteiger charge is 2.41. The van der Waals surface area contributed by atoms with Gasteiger partial charge in [0.25, 0.3) is 0 Å². The van der Waals surface area contributed by atoms with E-state index in [1.54, 1.807) is 7.11 Å². The van der Waals surface area contributed by atoms with Crippen LogP contribution in [0.15, 0.2) is 37.0 Å². The number of hydrogen-bond acceptors (Lipinski definition) is 3. The molecule has 3 nitrogen and oxygen atoms in total. The summed E-state index contributed by atoms with van der Waals surface area (Å²) in [6.07, 6.45) is 7.87. The summed E-state index contributed by atoms with van der Waals surface area (Å²) < 4.78 is 18.1. The second kappa shape index (κ2) is 11.9. The van der Waals surface area contributed by atoms with E-state index in [0.29, 0.717) is 6.61 Å². The Morgan fingerprint density at radius 1 is 1.19 bits per heavy atom. The predicted molar refractivity (Wildman–Crippen MR) is 116 cm³/mol. The van der Waals surface area contributed by atoms with E-state index in [2.05, 4.69) is 66.9 Å². The van der Waals surface area contributed by atoms with Crippen molar-refractivity contribution in [2.45, 2.75) is 77.8 Å². The lowest BCUT2D eigenvalue weighted by molar-refractivity contribution is 0.00582. The van der Waals surface area contributed by atoms with Gasteiger partial charge in [-0.15, -0.1) is 13.2 Å². The van der Waals surface area contributed by atoms with E-state index >= 15 is 0 Å². The van der Waals surface area contributed by atoms with Crippen molar-refractivity contribution in [1.82, 2.24) is 0 Å². The molecule has 4 heteroatoms. The van der Waals surface area contributed by atoms with Crippen LogP contribution in [0.5, 0.6) is 0 Å². The Balaban J connectivity index is 5.10. The first-order valence-electron chi connectivity index (χ1n) is 9.69. The Hall–Kier alpha value is -0.683. The molecule has 0 aliphatic carbocycles. The Morgan fingerprint density at radius 2 is 1.81 bits per heavy atom. The van der Waals surface area contributed by atoms with Crippen LogP contribution < -0.4 is 0 Å². The van der Waals surface area contributed by atoms with Crippen LogP contribution in [0, 0.1) is 5.92 Å². The minimum atomic E-state index is -1.92. The quantitative estimate of drug-likeness (QED) is 0.217. The van der Waals surface area contributed by atoms with Crippen molar-refractivity contribution in [2.75, 3.05) is 20.3 Å². The van der Waals surface area contributed by atoms with Gasteiger partial charge in [-0.05, 0) is 37.9 Å². The second-order valence-electron chi connectivity index (χ2n) is 8.63. The first-order valence-corrected chi connectivity index (χ1v) is 12.6. The molecule has 0 rings (SSSR count). The zero-order valence-electron chi connectivity index (χ0n) is 18.4. The molecule has 0 fully saturated rings. The van der Waals surface area contributed by atoms with E-state index in [9.17, 15) is 0 Å². The fraction of sp³-hybridized carbons (Fsp3) is 0.727. The van der Waals surface area contributed by atoms with Crippen LogP contribution >= 0.6 is 0 Å². The van der Waals surface area contributed by atoms with Crippen molar-refractivity contribution in [3.8, 4) is 0 Å². The number of allylic oxidation sites excluding steroid dienone is 1. The van der Waals surface area contributed by atoms with Crippen molar-refractivity contribution in [2.24, 2.45) is 5.92 Å². The molecule has 0 saturated heterocycles. The molecule has 0 radical (unpaired) electrons. The van der Waals surface area contributed by atoms with Crippen LogP contribution in [0.2, 0.25) is 18.1 Å². The normalized spacial score (nSPS) is 16.8. The lowest BCUT2D eigenvalue weighted by atomic mass is 9.97. The first-order chi connectivity index (χ1) is 12.0. The average Bonchev–Trinajstić information content (AvgIpc) is 2.53. The third-order valence-corrected chi connectivity index (χ3v) is 9.63. The molecule has 0 bridgehead atoms. The molecule has 152 valence electrons. The molecule has 0 amide bonds. The van der Waals surface area contributed by atoms with Crippen molar-refractivity contribution in [3.05, 3.63) is 37.0 Å². The van der Waals surface area contributed by atoms with Crippen LogP contribution in [-0.4, -0.2) is 40.8 Å². The summed E-state index contributed by atoms with van der Waals surface area (Å²) in [6.45, 7) is 24.7. The maximum absolute atomic E-state index is 6.71. The maximum atomic E-state index is 6.71. The Morgan fingerprint density at radius 3 is 2.27 bits per heavy atom. The van der Waals surface area contributed by atoms with E-state index in [0.717, 1.165) is 19.4 Å². The van der Waals surface area contributed by atoms with Gasteiger partial charge in [0.05, 0.1) is 12.7 Å². The van der Waals surface area contributed by atoms with Crippen molar-refractivity contribution >= 4 is 8.32 Å². The molecule has 0 spiro atoms. The molecule has 0 saturated carbocycles. The summed E-state index contributed by atoms with van der Waals surface area (Å²) >= 11 is 0. The predicted octanol–water partition coefficient (Wildman–Crippen LogP) is 6.14. The summed E-state index contributed by atoms with van der Waals surface area (Å²) in [5.74, 6) is 0.212. The molecule has 3 atom stereocenters. The molecular weight excluding hydrogens is 340 g/mol. The van der Waals surface area contributed by atoms with Gasteiger partial charge >= 0.3 is 0 Å². The SMILES string of the molecule is C=CCCCOC/C(C)=C\[C@@H](C)[C@H](O[Si](C)(C)C(C)(C)C)[C@H](C=C)OC. The van der Waals surface area contributed by atoms with E-state index in [1.165, 1.54) is 5.57 Å². The molecule has 0 unspecified atom stereocenters. The third kappa shape index (κ3) is 8.80. The Kier molecular flexibility index (Phi) is 11.6. The van der Waals surface area contributed by atoms with Crippen molar-refractivity contribution in [3.63, 3.8) is 0 Å². The number of rotatable bonds is 13. The molecule has 0 aliphatic rings. The molecular formula is C22H42O3Si. The molecule has 26 heavy (non-hydrogen) atoms. The van der Waals surface area contributed by atoms with Crippen molar-refractivity contribution in [1.29, 1.82) is 0 Å². The van der Waals surface area contributed by atoms with Gasteiger partial charge in [0, 0.05) is 19.6 Å². The maximum Gasteiger partial charge on any atom is 0.192 e. The van der Waals surface area contributed by atoms with Crippen molar-refractivity contribution < 1.29 is 13.9 Å². The van der Waals surface area contributed by atoms with Crippen LogP contribution in [0.25, 0.3) is 0 Å². The number of hydrogen-bond donors (Lipinski definition) is 0. The summed E-state index contributed by atoms with van der Waals surface area (Å²) in [6, 6.07) is 0. The highest BCUT2D eigenvalue weighted by molar-refractivity contribution is 6.74. The monoisotopic (exact) mass is 382 g/mol. The molecule has 0 aromatic carbocycles. The third-order valence-electron chi connectivity index (χ3n) is 5.16. The molecule has 0 aromatic rings. The molecule has 0 heterocycles. The molecule has 0 aromatic heterocycles. The topological polar surface area (TPSA) is 27.7 Å². The fourth-order valence-electron chi connectivity index (χ4n) is 2.51. The lowest BCUT2D eigenvalue weighted by Gasteiger charge is -2.42. The zero-order chi connectivity index (χ0) is 20.4. The van der Waals surface area contributed by atoms with Gasteiger partial charge < -0.3 is 13.9 Å².